The second-order valence-electron chi connectivity index (χ2n) is 3.75. The van der Waals surface area contributed by atoms with E-state index in [4.69, 9.17) is 0 Å². The van der Waals surface area contributed by atoms with Crippen LogP contribution in [0, 0.1) is 6.92 Å². The first kappa shape index (κ1) is 9.92. The molecule has 0 aliphatic carbocycles. The number of nitrogens with one attached hydrogen (secondary N) is 1. The minimum Gasteiger partial charge on any atom is -0.389 e. The van der Waals surface area contributed by atoms with Crippen LogP contribution >= 0.6 is 0 Å². The Hall–Kier alpha value is -1.16. The van der Waals surface area contributed by atoms with Gasteiger partial charge >= 0.3 is 0 Å². The molecule has 1 aromatic heterocycles. The zero-order valence-corrected chi connectivity index (χ0v) is 8.20. The van der Waals surface area contributed by atoms with Crippen molar-refractivity contribution in [2.24, 2.45) is 0 Å². The minimum atomic E-state index is -0.742. The van der Waals surface area contributed by atoms with Gasteiger partial charge in [0, 0.05) is 18.9 Å². The van der Waals surface area contributed by atoms with Gasteiger partial charge in [0.2, 0.25) is 5.95 Å². The molecule has 0 fully saturated rings. The molecule has 0 aliphatic heterocycles. The van der Waals surface area contributed by atoms with Gasteiger partial charge in [0.1, 0.15) is 0 Å². The average molecular weight is 181 g/mol. The molecular weight excluding hydrogens is 166 g/mol. The lowest BCUT2D eigenvalue weighted by Gasteiger charge is -2.17. The third-order valence-electron chi connectivity index (χ3n) is 1.46. The van der Waals surface area contributed by atoms with Crippen LogP contribution in [0.25, 0.3) is 0 Å². The molecule has 0 atom stereocenters. The van der Waals surface area contributed by atoms with Crippen LogP contribution in [0.15, 0.2) is 12.4 Å². The molecule has 13 heavy (non-hydrogen) atoms. The van der Waals surface area contributed by atoms with Gasteiger partial charge in [-0.1, -0.05) is 0 Å². The van der Waals surface area contributed by atoms with Gasteiger partial charge in [0.05, 0.1) is 5.60 Å². The normalized spacial score (nSPS) is 11.4. The summed E-state index contributed by atoms with van der Waals surface area (Å²) in [5.41, 5.74) is 0.280. The van der Waals surface area contributed by atoms with Crippen LogP contribution in [0.2, 0.25) is 0 Å². The molecule has 2 N–H and O–H groups in total. The average Bonchev–Trinajstić information content (AvgIpc) is 2.02. The van der Waals surface area contributed by atoms with E-state index in [0.29, 0.717) is 12.5 Å². The smallest absolute Gasteiger partial charge is 0.222 e. The quantitative estimate of drug-likeness (QED) is 0.729. The lowest BCUT2D eigenvalue weighted by atomic mass is 10.1. The van der Waals surface area contributed by atoms with Crippen LogP contribution in [-0.2, 0) is 0 Å². The number of hydrogen-bond acceptors (Lipinski definition) is 4. The summed E-state index contributed by atoms with van der Waals surface area (Å²) in [7, 11) is 0. The number of rotatable bonds is 3. The fraction of sp³-hybridized carbons (Fsp3) is 0.556. The van der Waals surface area contributed by atoms with Gasteiger partial charge in [-0.15, -0.1) is 0 Å². The maximum Gasteiger partial charge on any atom is 0.222 e. The Morgan fingerprint density at radius 3 is 2.38 bits per heavy atom. The predicted octanol–water partition coefficient (Wildman–Crippen LogP) is 0.968. The minimum absolute atomic E-state index is 0.441. The molecule has 1 rings (SSSR count). The molecule has 0 unspecified atom stereocenters. The zero-order valence-electron chi connectivity index (χ0n) is 8.20. The molecule has 0 radical (unpaired) electrons. The van der Waals surface area contributed by atoms with Crippen molar-refractivity contribution in [3.05, 3.63) is 18.0 Å². The molecule has 1 heterocycles. The van der Waals surface area contributed by atoms with Crippen LogP contribution in [0.4, 0.5) is 5.95 Å². The van der Waals surface area contributed by atoms with Crippen LogP contribution in [-0.4, -0.2) is 27.2 Å². The molecule has 0 saturated carbocycles. The Labute approximate surface area is 78.0 Å². The summed E-state index contributed by atoms with van der Waals surface area (Å²) < 4.78 is 0. The van der Waals surface area contributed by atoms with E-state index in [2.05, 4.69) is 15.3 Å². The second kappa shape index (κ2) is 3.70. The van der Waals surface area contributed by atoms with Crippen molar-refractivity contribution in [1.82, 2.24) is 9.97 Å². The SMILES string of the molecule is Cc1cnc(NCC(C)(C)O)nc1. The van der Waals surface area contributed by atoms with Crippen molar-refractivity contribution in [3.8, 4) is 0 Å². The van der Waals surface area contributed by atoms with Crippen LogP contribution in [0.3, 0.4) is 0 Å². The molecular formula is C9H15N3O. The topological polar surface area (TPSA) is 58.0 Å². The highest BCUT2D eigenvalue weighted by Gasteiger charge is 2.11. The summed E-state index contributed by atoms with van der Waals surface area (Å²) in [4.78, 5) is 8.10. The lowest BCUT2D eigenvalue weighted by molar-refractivity contribution is 0.0943. The fourth-order valence-electron chi connectivity index (χ4n) is 0.779. The van der Waals surface area contributed by atoms with Crippen molar-refractivity contribution in [3.63, 3.8) is 0 Å². The van der Waals surface area contributed by atoms with E-state index in [0.717, 1.165) is 5.56 Å². The number of aromatic nitrogens is 2. The van der Waals surface area contributed by atoms with E-state index in [-0.39, 0.29) is 0 Å². The molecule has 0 saturated heterocycles. The molecule has 4 heteroatoms. The van der Waals surface area contributed by atoms with E-state index in [9.17, 15) is 5.11 Å². The maximum absolute atomic E-state index is 9.42. The van der Waals surface area contributed by atoms with Crippen molar-refractivity contribution >= 4 is 5.95 Å². The summed E-state index contributed by atoms with van der Waals surface area (Å²) in [6, 6.07) is 0. The van der Waals surface area contributed by atoms with Gasteiger partial charge in [-0.25, -0.2) is 9.97 Å². The van der Waals surface area contributed by atoms with Crippen molar-refractivity contribution in [2.45, 2.75) is 26.4 Å². The molecule has 0 aromatic carbocycles. The Balaban J connectivity index is 2.51. The van der Waals surface area contributed by atoms with Gasteiger partial charge in [-0.3, -0.25) is 0 Å². The van der Waals surface area contributed by atoms with Gasteiger partial charge < -0.3 is 10.4 Å². The van der Waals surface area contributed by atoms with Crippen molar-refractivity contribution in [2.75, 3.05) is 11.9 Å². The molecule has 72 valence electrons. The predicted molar refractivity (Wildman–Crippen MR) is 51.6 cm³/mol. The highest BCUT2D eigenvalue weighted by molar-refractivity contribution is 5.24. The van der Waals surface area contributed by atoms with Crippen molar-refractivity contribution in [1.29, 1.82) is 0 Å². The van der Waals surface area contributed by atoms with Gasteiger partial charge in [0.15, 0.2) is 0 Å². The van der Waals surface area contributed by atoms with Crippen molar-refractivity contribution < 1.29 is 5.11 Å². The summed E-state index contributed by atoms with van der Waals surface area (Å²) in [5, 5.41) is 12.4. The van der Waals surface area contributed by atoms with E-state index < -0.39 is 5.60 Å². The molecule has 0 aliphatic rings. The summed E-state index contributed by atoms with van der Waals surface area (Å²) in [6.07, 6.45) is 3.47. The van der Waals surface area contributed by atoms with Gasteiger partial charge in [-0.05, 0) is 26.3 Å². The first-order chi connectivity index (χ1) is 5.97. The summed E-state index contributed by atoms with van der Waals surface area (Å²) >= 11 is 0. The summed E-state index contributed by atoms with van der Waals surface area (Å²) in [6.45, 7) is 5.83. The Morgan fingerprint density at radius 2 is 1.92 bits per heavy atom. The van der Waals surface area contributed by atoms with E-state index in [1.54, 1.807) is 26.2 Å². The molecule has 4 nitrogen and oxygen atoms in total. The number of anilines is 1. The molecule has 0 bridgehead atoms. The highest BCUT2D eigenvalue weighted by atomic mass is 16.3. The monoisotopic (exact) mass is 181 g/mol. The second-order valence-corrected chi connectivity index (χ2v) is 3.75. The van der Waals surface area contributed by atoms with E-state index in [1.807, 2.05) is 6.92 Å². The Kier molecular flexibility index (Phi) is 2.83. The number of nitrogens with zero attached hydrogens (tertiary/aromatic N) is 2. The fourth-order valence-corrected chi connectivity index (χ4v) is 0.779. The Morgan fingerprint density at radius 1 is 1.38 bits per heavy atom. The Bertz CT molecular complexity index is 263. The number of aryl methyl sites for hydroxylation is 1. The maximum atomic E-state index is 9.42. The van der Waals surface area contributed by atoms with E-state index >= 15 is 0 Å². The van der Waals surface area contributed by atoms with Crippen LogP contribution in [0.1, 0.15) is 19.4 Å². The van der Waals surface area contributed by atoms with E-state index in [1.165, 1.54) is 0 Å². The third-order valence-corrected chi connectivity index (χ3v) is 1.46. The van der Waals surface area contributed by atoms with Gasteiger partial charge in [-0.2, -0.15) is 0 Å². The molecule has 0 amide bonds. The van der Waals surface area contributed by atoms with Gasteiger partial charge in [0.25, 0.3) is 0 Å². The summed E-state index contributed by atoms with van der Waals surface area (Å²) in [5.74, 6) is 0.549. The lowest BCUT2D eigenvalue weighted by Crippen LogP contribution is -2.29. The number of hydrogen-bond donors (Lipinski definition) is 2. The highest BCUT2D eigenvalue weighted by Crippen LogP contribution is 2.03. The first-order valence-corrected chi connectivity index (χ1v) is 4.22. The molecule has 0 spiro atoms. The third kappa shape index (κ3) is 3.85. The first-order valence-electron chi connectivity index (χ1n) is 4.22. The van der Waals surface area contributed by atoms with Crippen LogP contribution < -0.4 is 5.32 Å². The molecule has 1 aromatic rings. The largest absolute Gasteiger partial charge is 0.389 e. The van der Waals surface area contributed by atoms with Crippen LogP contribution in [0.5, 0.6) is 0 Å². The standard InChI is InChI=1S/C9H15N3O/c1-7-4-10-8(11-5-7)12-6-9(2,3)13/h4-5,13H,6H2,1-3H3,(H,10,11,12). The zero-order chi connectivity index (χ0) is 9.90. The number of aliphatic hydroxyl groups is 1.